The van der Waals surface area contributed by atoms with Crippen molar-refractivity contribution in [1.29, 1.82) is 0 Å². The monoisotopic (exact) mass is 336 g/mol. The fourth-order valence-corrected chi connectivity index (χ4v) is 2.24. The lowest BCUT2D eigenvalue weighted by Crippen LogP contribution is -2.36. The minimum Gasteiger partial charge on any atom is -0.496 e. The van der Waals surface area contributed by atoms with E-state index in [0.717, 1.165) is 0 Å². The third-order valence-electron chi connectivity index (χ3n) is 3.21. The van der Waals surface area contributed by atoms with E-state index < -0.39 is 12.0 Å². The van der Waals surface area contributed by atoms with Crippen LogP contribution in [0.3, 0.4) is 0 Å². The first-order chi connectivity index (χ1) is 11.0. The Morgan fingerprint density at radius 2 is 2.17 bits per heavy atom. The van der Waals surface area contributed by atoms with Gasteiger partial charge >= 0.3 is 0 Å². The van der Waals surface area contributed by atoms with Crippen LogP contribution in [0.25, 0.3) is 0 Å². The van der Waals surface area contributed by atoms with Crippen molar-refractivity contribution in [3.63, 3.8) is 0 Å². The zero-order valence-electron chi connectivity index (χ0n) is 12.5. The van der Waals surface area contributed by atoms with Crippen molar-refractivity contribution in [2.24, 2.45) is 0 Å². The van der Waals surface area contributed by atoms with Crippen LogP contribution in [0, 0.1) is 0 Å². The maximum Gasteiger partial charge on any atom is 0.255 e. The van der Waals surface area contributed by atoms with Gasteiger partial charge in [-0.2, -0.15) is 0 Å². The largest absolute Gasteiger partial charge is 0.496 e. The lowest BCUT2D eigenvalue weighted by molar-refractivity contribution is 0.0900. The fraction of sp³-hybridized carbons (Fsp3) is 0.250. The smallest absolute Gasteiger partial charge is 0.255 e. The van der Waals surface area contributed by atoms with Gasteiger partial charge in [0, 0.05) is 23.8 Å². The molecule has 1 aromatic carbocycles. The van der Waals surface area contributed by atoms with E-state index in [2.05, 4.69) is 5.32 Å². The summed E-state index contributed by atoms with van der Waals surface area (Å²) in [5.74, 6) is -0.0236. The van der Waals surface area contributed by atoms with Crippen LogP contribution in [0.15, 0.2) is 47.4 Å². The van der Waals surface area contributed by atoms with Crippen LogP contribution in [0.5, 0.6) is 5.75 Å². The average molecular weight is 337 g/mol. The summed E-state index contributed by atoms with van der Waals surface area (Å²) in [7, 11) is 1.46. The van der Waals surface area contributed by atoms with Gasteiger partial charge in [0.25, 0.3) is 11.5 Å². The van der Waals surface area contributed by atoms with Gasteiger partial charge in [-0.15, -0.1) is 0 Å². The number of nitrogens with one attached hydrogen (secondary N) is 1. The van der Waals surface area contributed by atoms with E-state index in [1.165, 1.54) is 23.8 Å². The number of halogens is 1. The first kappa shape index (κ1) is 17.1. The molecule has 0 radical (unpaired) electrons. The molecule has 0 saturated carbocycles. The highest BCUT2D eigenvalue weighted by molar-refractivity contribution is 6.31. The Morgan fingerprint density at radius 1 is 1.39 bits per heavy atom. The molecule has 2 N–H and O–H groups in total. The van der Waals surface area contributed by atoms with Gasteiger partial charge < -0.3 is 19.7 Å². The third kappa shape index (κ3) is 4.58. The number of aliphatic hydroxyl groups is 1. The van der Waals surface area contributed by atoms with E-state index in [1.54, 1.807) is 30.5 Å². The number of amides is 1. The van der Waals surface area contributed by atoms with E-state index in [1.807, 2.05) is 0 Å². The van der Waals surface area contributed by atoms with Crippen molar-refractivity contribution in [2.75, 3.05) is 13.7 Å². The number of carbonyl (C=O) groups excluding carboxylic acids is 1. The van der Waals surface area contributed by atoms with E-state index in [-0.39, 0.29) is 24.2 Å². The number of ether oxygens (including phenoxy) is 1. The molecular formula is C16H17ClN2O4. The van der Waals surface area contributed by atoms with Gasteiger partial charge in [-0.05, 0) is 24.3 Å². The molecule has 122 valence electrons. The molecule has 0 bridgehead atoms. The Balaban J connectivity index is 1.98. The molecule has 0 saturated heterocycles. The van der Waals surface area contributed by atoms with Gasteiger partial charge in [-0.1, -0.05) is 17.7 Å². The number of methoxy groups -OCH3 is 1. The molecule has 0 spiro atoms. The van der Waals surface area contributed by atoms with E-state index in [4.69, 9.17) is 16.3 Å². The predicted octanol–water partition coefficient (Wildman–Crippen LogP) is 1.30. The number of aromatic nitrogens is 1. The molecule has 1 unspecified atom stereocenters. The van der Waals surface area contributed by atoms with Gasteiger partial charge in [0.1, 0.15) is 5.75 Å². The first-order valence-corrected chi connectivity index (χ1v) is 7.34. The Kier molecular flexibility index (Phi) is 5.78. The highest BCUT2D eigenvalue weighted by Gasteiger charge is 2.14. The zero-order valence-corrected chi connectivity index (χ0v) is 13.3. The van der Waals surface area contributed by atoms with Gasteiger partial charge in [-0.3, -0.25) is 9.59 Å². The SMILES string of the molecule is COc1ccc(Cl)cc1C(=O)NCC(O)Cn1ccccc1=O. The van der Waals surface area contributed by atoms with Crippen molar-refractivity contribution >= 4 is 17.5 Å². The van der Waals surface area contributed by atoms with Crippen LogP contribution in [0.1, 0.15) is 10.4 Å². The summed E-state index contributed by atoms with van der Waals surface area (Å²) in [6.07, 6.45) is 0.678. The van der Waals surface area contributed by atoms with E-state index >= 15 is 0 Å². The number of aliphatic hydroxyl groups excluding tert-OH is 1. The minimum atomic E-state index is -0.899. The van der Waals surface area contributed by atoms with Crippen LogP contribution in [0.4, 0.5) is 0 Å². The second-order valence-electron chi connectivity index (χ2n) is 4.90. The van der Waals surface area contributed by atoms with Crippen LogP contribution >= 0.6 is 11.6 Å². The molecule has 0 aliphatic rings. The molecule has 2 rings (SSSR count). The summed E-state index contributed by atoms with van der Waals surface area (Å²) < 4.78 is 6.48. The molecule has 1 atom stereocenters. The Bertz CT molecular complexity index is 745. The van der Waals surface area contributed by atoms with E-state index in [0.29, 0.717) is 10.8 Å². The quantitative estimate of drug-likeness (QED) is 0.833. The summed E-state index contributed by atoms with van der Waals surface area (Å²) in [6, 6.07) is 9.43. The average Bonchev–Trinajstić information content (AvgIpc) is 2.54. The summed E-state index contributed by atoms with van der Waals surface area (Å²) in [5.41, 5.74) is 0.0680. The Labute approximate surface area is 138 Å². The second-order valence-corrected chi connectivity index (χ2v) is 5.34. The molecule has 7 heteroatoms. The summed E-state index contributed by atoms with van der Waals surface area (Å²) >= 11 is 5.88. The van der Waals surface area contributed by atoms with Gasteiger partial charge in [0.15, 0.2) is 0 Å². The van der Waals surface area contributed by atoms with Crippen LogP contribution in [-0.4, -0.2) is 35.3 Å². The molecule has 6 nitrogen and oxygen atoms in total. The number of rotatable bonds is 6. The molecule has 1 aromatic heterocycles. The number of nitrogens with zero attached hydrogens (tertiary/aromatic N) is 1. The lowest BCUT2D eigenvalue weighted by Gasteiger charge is -2.14. The molecule has 1 amide bonds. The fourth-order valence-electron chi connectivity index (χ4n) is 2.07. The summed E-state index contributed by atoms with van der Waals surface area (Å²) in [6.45, 7) is 0.0858. The number of carbonyl (C=O) groups is 1. The van der Waals surface area contributed by atoms with E-state index in [9.17, 15) is 14.7 Å². The summed E-state index contributed by atoms with van der Waals surface area (Å²) in [4.78, 5) is 23.7. The maximum absolute atomic E-state index is 12.2. The molecule has 0 aliphatic carbocycles. The van der Waals surface area contributed by atoms with Crippen LogP contribution in [0.2, 0.25) is 5.02 Å². The lowest BCUT2D eigenvalue weighted by atomic mass is 10.2. The van der Waals surface area contributed by atoms with Crippen molar-refractivity contribution in [1.82, 2.24) is 9.88 Å². The van der Waals surface area contributed by atoms with Gasteiger partial charge in [0.2, 0.25) is 0 Å². The van der Waals surface area contributed by atoms with Crippen molar-refractivity contribution in [3.05, 3.63) is 63.5 Å². The molecule has 0 fully saturated rings. The highest BCUT2D eigenvalue weighted by atomic mass is 35.5. The molecular weight excluding hydrogens is 320 g/mol. The van der Waals surface area contributed by atoms with Crippen molar-refractivity contribution in [2.45, 2.75) is 12.6 Å². The maximum atomic E-state index is 12.2. The number of hydrogen-bond donors (Lipinski definition) is 2. The Morgan fingerprint density at radius 3 is 2.87 bits per heavy atom. The molecule has 0 aliphatic heterocycles. The molecule has 1 heterocycles. The van der Waals surface area contributed by atoms with Crippen molar-refractivity contribution in [3.8, 4) is 5.75 Å². The number of hydrogen-bond acceptors (Lipinski definition) is 4. The van der Waals surface area contributed by atoms with Crippen LogP contribution in [-0.2, 0) is 6.54 Å². The molecule has 2 aromatic rings. The number of pyridine rings is 1. The Hall–Kier alpha value is -2.31. The zero-order chi connectivity index (χ0) is 16.8. The third-order valence-corrected chi connectivity index (χ3v) is 3.45. The number of benzene rings is 1. The predicted molar refractivity (Wildman–Crippen MR) is 87.0 cm³/mol. The minimum absolute atomic E-state index is 0.00413. The van der Waals surface area contributed by atoms with Crippen molar-refractivity contribution < 1.29 is 14.6 Å². The first-order valence-electron chi connectivity index (χ1n) is 6.96. The normalized spacial score (nSPS) is 11.8. The highest BCUT2D eigenvalue weighted by Crippen LogP contribution is 2.22. The standard InChI is InChI=1S/C16H17ClN2O4/c1-23-14-6-5-11(17)8-13(14)16(22)18-9-12(20)10-19-7-3-2-4-15(19)21/h2-8,12,20H,9-10H2,1H3,(H,18,22). The van der Waals surface area contributed by atoms with Gasteiger partial charge in [0.05, 0.1) is 25.3 Å². The van der Waals surface area contributed by atoms with Crippen LogP contribution < -0.4 is 15.6 Å². The summed E-state index contributed by atoms with van der Waals surface area (Å²) in [5, 5.41) is 13.0. The topological polar surface area (TPSA) is 80.6 Å². The molecule has 23 heavy (non-hydrogen) atoms. The van der Waals surface area contributed by atoms with Gasteiger partial charge in [-0.25, -0.2) is 0 Å². The second kappa shape index (κ2) is 7.80.